The van der Waals surface area contributed by atoms with Crippen LogP contribution in [0.4, 0.5) is 0 Å². The van der Waals surface area contributed by atoms with Crippen molar-refractivity contribution in [2.75, 3.05) is 39.3 Å². The molecule has 1 heterocycles. The summed E-state index contributed by atoms with van der Waals surface area (Å²) in [4.78, 5) is 13.2. The van der Waals surface area contributed by atoms with E-state index in [2.05, 4.69) is 15.5 Å². The van der Waals surface area contributed by atoms with Crippen LogP contribution < -0.4 is 15.4 Å². The standard InChI is InChI=1S/C20H32ClN3O3/c1-16(25)23-9-8-22-13-17-12-18(21)6-7-20(17)27-15-19(26)14-24-10-4-2-3-5-11-24/h6-7,12,19,22,26H,2-5,8-11,13-15H2,1H3,(H,23,25). The summed E-state index contributed by atoms with van der Waals surface area (Å²) in [5, 5.41) is 17.0. The van der Waals surface area contributed by atoms with Gasteiger partial charge >= 0.3 is 0 Å². The molecule has 1 atom stereocenters. The lowest BCUT2D eigenvalue weighted by molar-refractivity contribution is -0.118. The van der Waals surface area contributed by atoms with Gasteiger partial charge in [-0.15, -0.1) is 0 Å². The first-order chi connectivity index (χ1) is 13.0. The van der Waals surface area contributed by atoms with Crippen molar-refractivity contribution in [1.29, 1.82) is 0 Å². The van der Waals surface area contributed by atoms with Crippen molar-refractivity contribution in [1.82, 2.24) is 15.5 Å². The van der Waals surface area contributed by atoms with E-state index in [9.17, 15) is 9.90 Å². The number of rotatable bonds is 10. The zero-order chi connectivity index (χ0) is 19.5. The van der Waals surface area contributed by atoms with Crippen molar-refractivity contribution < 1.29 is 14.6 Å². The molecule has 1 unspecified atom stereocenters. The number of amides is 1. The Morgan fingerprint density at radius 2 is 2.00 bits per heavy atom. The molecule has 0 saturated carbocycles. The Balaban J connectivity index is 1.79. The fraction of sp³-hybridized carbons (Fsp3) is 0.650. The van der Waals surface area contributed by atoms with Gasteiger partial charge in [0.25, 0.3) is 0 Å². The average molecular weight is 398 g/mol. The number of hydrogen-bond acceptors (Lipinski definition) is 5. The SMILES string of the molecule is CC(=O)NCCNCc1cc(Cl)ccc1OCC(O)CN1CCCCCC1. The molecule has 0 spiro atoms. The van der Waals surface area contributed by atoms with E-state index in [1.165, 1.54) is 32.6 Å². The van der Waals surface area contributed by atoms with E-state index in [4.69, 9.17) is 16.3 Å². The largest absolute Gasteiger partial charge is 0.491 e. The van der Waals surface area contributed by atoms with Crippen LogP contribution in [-0.2, 0) is 11.3 Å². The van der Waals surface area contributed by atoms with Crippen LogP contribution >= 0.6 is 11.6 Å². The molecule has 0 radical (unpaired) electrons. The Kier molecular flexibility index (Phi) is 9.91. The minimum atomic E-state index is -0.514. The van der Waals surface area contributed by atoms with Gasteiger partial charge < -0.3 is 25.4 Å². The van der Waals surface area contributed by atoms with Crippen LogP contribution in [0.5, 0.6) is 5.75 Å². The normalized spacial score (nSPS) is 16.6. The molecule has 0 aromatic heterocycles. The molecule has 7 heteroatoms. The smallest absolute Gasteiger partial charge is 0.216 e. The summed E-state index contributed by atoms with van der Waals surface area (Å²) in [6.07, 6.45) is 4.47. The maximum absolute atomic E-state index is 10.9. The molecule has 2 rings (SSSR count). The molecule has 1 fully saturated rings. The highest BCUT2D eigenvalue weighted by Crippen LogP contribution is 2.23. The van der Waals surface area contributed by atoms with Crippen molar-refractivity contribution in [2.24, 2.45) is 0 Å². The van der Waals surface area contributed by atoms with Gasteiger partial charge in [0.1, 0.15) is 18.5 Å². The number of β-amino-alcohol motifs (C(OH)–C–C–N with tert-alkyl or cyclic N) is 1. The number of carbonyl (C=O) groups excluding carboxylic acids is 1. The van der Waals surface area contributed by atoms with Crippen LogP contribution in [0.1, 0.15) is 38.2 Å². The number of likely N-dealkylation sites (tertiary alicyclic amines) is 1. The van der Waals surface area contributed by atoms with E-state index in [0.717, 1.165) is 24.4 Å². The predicted molar refractivity (Wildman–Crippen MR) is 108 cm³/mol. The molecule has 1 saturated heterocycles. The third kappa shape index (κ3) is 8.93. The molecule has 1 aromatic carbocycles. The molecular weight excluding hydrogens is 366 g/mol. The molecule has 152 valence electrons. The Labute approximate surface area is 167 Å². The number of nitrogens with one attached hydrogen (secondary N) is 2. The molecule has 1 aliphatic heterocycles. The molecule has 3 N–H and O–H groups in total. The number of aliphatic hydroxyl groups is 1. The highest BCUT2D eigenvalue weighted by atomic mass is 35.5. The van der Waals surface area contributed by atoms with E-state index < -0.39 is 6.10 Å². The zero-order valence-corrected chi connectivity index (χ0v) is 16.9. The van der Waals surface area contributed by atoms with E-state index in [1.54, 1.807) is 6.07 Å². The summed E-state index contributed by atoms with van der Waals surface area (Å²) in [6, 6.07) is 5.49. The quantitative estimate of drug-likeness (QED) is 0.528. The average Bonchev–Trinajstić information content (AvgIpc) is 2.89. The Bertz CT molecular complexity index is 578. The van der Waals surface area contributed by atoms with Crippen molar-refractivity contribution >= 4 is 17.5 Å². The van der Waals surface area contributed by atoms with Crippen LogP contribution in [0, 0.1) is 0 Å². The lowest BCUT2D eigenvalue weighted by Gasteiger charge is -2.23. The van der Waals surface area contributed by atoms with Gasteiger partial charge in [0.2, 0.25) is 5.91 Å². The third-order valence-corrected chi connectivity index (χ3v) is 4.85. The molecular formula is C20H32ClN3O3. The number of hydrogen-bond donors (Lipinski definition) is 3. The molecule has 1 aromatic rings. The summed E-state index contributed by atoms with van der Waals surface area (Å²) < 4.78 is 5.88. The summed E-state index contributed by atoms with van der Waals surface area (Å²) in [5.41, 5.74) is 0.937. The van der Waals surface area contributed by atoms with Gasteiger partial charge in [0.05, 0.1) is 0 Å². The van der Waals surface area contributed by atoms with E-state index in [1.807, 2.05) is 12.1 Å². The number of benzene rings is 1. The molecule has 0 aliphatic carbocycles. The fourth-order valence-corrected chi connectivity index (χ4v) is 3.43. The second kappa shape index (κ2) is 12.2. The first kappa shape index (κ1) is 22.0. The predicted octanol–water partition coefficient (Wildman–Crippen LogP) is 2.18. The van der Waals surface area contributed by atoms with E-state index in [0.29, 0.717) is 31.2 Å². The number of carbonyl (C=O) groups is 1. The van der Waals surface area contributed by atoms with Gasteiger partial charge in [-0.1, -0.05) is 24.4 Å². The van der Waals surface area contributed by atoms with E-state index >= 15 is 0 Å². The second-order valence-corrected chi connectivity index (χ2v) is 7.53. The first-order valence-electron chi connectivity index (χ1n) is 9.81. The van der Waals surface area contributed by atoms with Gasteiger partial charge in [0.15, 0.2) is 0 Å². The summed E-state index contributed by atoms with van der Waals surface area (Å²) >= 11 is 6.11. The van der Waals surface area contributed by atoms with Gasteiger partial charge in [-0.25, -0.2) is 0 Å². The summed E-state index contributed by atoms with van der Waals surface area (Å²) in [6.45, 7) is 6.33. The topological polar surface area (TPSA) is 73.8 Å². The van der Waals surface area contributed by atoms with Gasteiger partial charge in [-0.05, 0) is 44.1 Å². The minimum Gasteiger partial charge on any atom is -0.491 e. The van der Waals surface area contributed by atoms with Crippen LogP contribution in [-0.4, -0.2) is 61.3 Å². The fourth-order valence-electron chi connectivity index (χ4n) is 3.23. The Hall–Kier alpha value is -1.34. The summed E-state index contributed by atoms with van der Waals surface area (Å²) in [5.74, 6) is 0.684. The molecule has 0 bridgehead atoms. The number of halogens is 1. The van der Waals surface area contributed by atoms with Gasteiger partial charge in [0, 0.05) is 43.7 Å². The third-order valence-electron chi connectivity index (χ3n) is 4.61. The highest BCUT2D eigenvalue weighted by molar-refractivity contribution is 6.30. The second-order valence-electron chi connectivity index (χ2n) is 7.09. The van der Waals surface area contributed by atoms with Crippen molar-refractivity contribution in [3.05, 3.63) is 28.8 Å². The van der Waals surface area contributed by atoms with Gasteiger partial charge in [-0.3, -0.25) is 4.79 Å². The number of nitrogens with zero attached hydrogens (tertiary/aromatic N) is 1. The van der Waals surface area contributed by atoms with Crippen LogP contribution in [0.2, 0.25) is 5.02 Å². The minimum absolute atomic E-state index is 0.0398. The van der Waals surface area contributed by atoms with Gasteiger partial charge in [-0.2, -0.15) is 0 Å². The van der Waals surface area contributed by atoms with Crippen molar-refractivity contribution in [3.63, 3.8) is 0 Å². The monoisotopic (exact) mass is 397 g/mol. The lowest BCUT2D eigenvalue weighted by atomic mass is 10.2. The van der Waals surface area contributed by atoms with Crippen molar-refractivity contribution in [3.8, 4) is 5.75 Å². The maximum Gasteiger partial charge on any atom is 0.216 e. The van der Waals surface area contributed by atoms with E-state index in [-0.39, 0.29) is 12.5 Å². The molecule has 1 amide bonds. The molecule has 27 heavy (non-hydrogen) atoms. The van der Waals surface area contributed by atoms with Crippen molar-refractivity contribution in [2.45, 2.75) is 45.3 Å². The Morgan fingerprint density at radius 3 is 2.70 bits per heavy atom. The van der Waals surface area contributed by atoms with Crippen LogP contribution in [0.25, 0.3) is 0 Å². The zero-order valence-electron chi connectivity index (χ0n) is 16.2. The van der Waals surface area contributed by atoms with Crippen LogP contribution in [0.3, 0.4) is 0 Å². The maximum atomic E-state index is 10.9. The highest BCUT2D eigenvalue weighted by Gasteiger charge is 2.15. The Morgan fingerprint density at radius 1 is 1.26 bits per heavy atom. The number of aliphatic hydroxyl groups excluding tert-OH is 1. The molecule has 1 aliphatic rings. The first-order valence-corrected chi connectivity index (χ1v) is 10.2. The summed E-state index contributed by atoms with van der Waals surface area (Å²) in [7, 11) is 0. The van der Waals surface area contributed by atoms with Crippen LogP contribution in [0.15, 0.2) is 18.2 Å². The number of ether oxygens (including phenoxy) is 1. The lowest BCUT2D eigenvalue weighted by Crippen LogP contribution is -2.36. The molecule has 6 nitrogen and oxygen atoms in total.